The first-order valence-electron chi connectivity index (χ1n) is 11.6. The third kappa shape index (κ3) is 3.83. The summed E-state index contributed by atoms with van der Waals surface area (Å²) >= 11 is 1.39. The maximum absolute atomic E-state index is 13.1. The molecule has 0 unspecified atom stereocenters. The van der Waals surface area contributed by atoms with E-state index in [2.05, 4.69) is 19.9 Å². The van der Waals surface area contributed by atoms with E-state index in [0.29, 0.717) is 29.0 Å². The predicted molar refractivity (Wildman–Crippen MR) is 129 cm³/mol. The molecular weight excluding hydrogens is 491 g/mol. The fourth-order valence-corrected chi connectivity index (χ4v) is 5.83. The van der Waals surface area contributed by atoms with Crippen LogP contribution in [0, 0.1) is 0 Å². The first-order valence-corrected chi connectivity index (χ1v) is 12.5. The number of alkyl halides is 3. The van der Waals surface area contributed by atoms with Gasteiger partial charge in [0.2, 0.25) is 5.88 Å². The van der Waals surface area contributed by atoms with Crippen molar-refractivity contribution in [2.45, 2.75) is 37.9 Å². The number of aromatic nitrogens is 6. The molecule has 6 rings (SSSR count). The number of aryl methyl sites for hydroxylation is 2. The quantitative estimate of drug-likeness (QED) is 0.380. The van der Waals surface area contributed by atoms with Crippen LogP contribution in [0.2, 0.25) is 0 Å². The van der Waals surface area contributed by atoms with Crippen LogP contribution in [0.15, 0.2) is 24.0 Å². The Hall–Kier alpha value is -3.41. The molecule has 1 saturated carbocycles. The standard InChI is InChI=1S/C24H24F3N7OS/c1-32-10-18(24(25,26)27)30-22(32)17-8-14(11-36-17)34-7-6-16-15(9-34)21(31-33(16)2)19-20(13-4-5-13)28-12-29-23(19)35-3/h8,10-13H,4-7,9H2,1-3H3. The molecule has 0 saturated heterocycles. The second-order valence-electron chi connectivity index (χ2n) is 9.21. The molecule has 4 aromatic rings. The van der Waals surface area contributed by atoms with E-state index >= 15 is 0 Å². The number of thiophene rings is 1. The predicted octanol–water partition coefficient (Wildman–Crippen LogP) is 4.81. The van der Waals surface area contributed by atoms with Gasteiger partial charge in [-0.05, 0) is 18.9 Å². The molecule has 36 heavy (non-hydrogen) atoms. The minimum absolute atomic E-state index is 0.304. The van der Waals surface area contributed by atoms with Gasteiger partial charge in [-0.2, -0.15) is 18.3 Å². The highest BCUT2D eigenvalue weighted by Crippen LogP contribution is 2.47. The normalized spacial score (nSPS) is 15.9. The Morgan fingerprint density at radius 2 is 1.97 bits per heavy atom. The number of imidazole rings is 1. The number of methoxy groups -OCH3 is 1. The van der Waals surface area contributed by atoms with E-state index in [1.165, 1.54) is 15.9 Å². The summed E-state index contributed by atoms with van der Waals surface area (Å²) in [6.07, 6.45) is 1.07. The minimum Gasteiger partial charge on any atom is -0.480 e. The van der Waals surface area contributed by atoms with E-state index in [0.717, 1.165) is 65.9 Å². The molecule has 0 atom stereocenters. The number of anilines is 1. The van der Waals surface area contributed by atoms with Gasteiger partial charge in [0.05, 0.1) is 23.2 Å². The van der Waals surface area contributed by atoms with Crippen molar-refractivity contribution in [3.8, 4) is 27.8 Å². The maximum atomic E-state index is 13.1. The van der Waals surface area contributed by atoms with Crippen molar-refractivity contribution in [3.63, 3.8) is 0 Å². The van der Waals surface area contributed by atoms with Gasteiger partial charge in [-0.15, -0.1) is 11.3 Å². The molecule has 0 bridgehead atoms. The molecule has 12 heteroatoms. The molecule has 5 heterocycles. The first kappa shape index (κ1) is 23.0. The van der Waals surface area contributed by atoms with Gasteiger partial charge in [0.15, 0.2) is 11.5 Å². The third-order valence-corrected chi connectivity index (χ3v) is 7.73. The number of hydrogen-bond acceptors (Lipinski definition) is 7. The van der Waals surface area contributed by atoms with Crippen LogP contribution in [0.1, 0.15) is 41.4 Å². The Morgan fingerprint density at radius 3 is 2.67 bits per heavy atom. The summed E-state index contributed by atoms with van der Waals surface area (Å²) in [5.74, 6) is 1.23. The number of nitrogens with zero attached hydrogens (tertiary/aromatic N) is 7. The van der Waals surface area contributed by atoms with Crippen molar-refractivity contribution in [2.75, 3.05) is 18.6 Å². The van der Waals surface area contributed by atoms with E-state index in [1.54, 1.807) is 20.5 Å². The summed E-state index contributed by atoms with van der Waals surface area (Å²) in [6, 6.07) is 1.91. The first-order chi connectivity index (χ1) is 17.2. The zero-order valence-electron chi connectivity index (χ0n) is 20.0. The van der Waals surface area contributed by atoms with Crippen molar-refractivity contribution >= 4 is 17.0 Å². The molecule has 0 spiro atoms. The molecule has 1 aliphatic heterocycles. The Labute approximate surface area is 209 Å². The lowest BCUT2D eigenvalue weighted by Gasteiger charge is -2.29. The average Bonchev–Trinajstić information content (AvgIpc) is 3.30. The molecule has 1 fully saturated rings. The molecule has 1 aliphatic carbocycles. The highest BCUT2D eigenvalue weighted by atomic mass is 32.1. The summed E-state index contributed by atoms with van der Waals surface area (Å²) in [5, 5.41) is 6.85. The van der Waals surface area contributed by atoms with Gasteiger partial charge in [0.1, 0.15) is 12.0 Å². The van der Waals surface area contributed by atoms with Gasteiger partial charge in [0, 0.05) is 68.0 Å². The summed E-state index contributed by atoms with van der Waals surface area (Å²) < 4.78 is 48.4. The molecule has 2 aliphatic rings. The Balaban J connectivity index is 1.35. The largest absolute Gasteiger partial charge is 0.480 e. The van der Waals surface area contributed by atoms with Gasteiger partial charge < -0.3 is 14.2 Å². The second kappa shape index (κ2) is 8.32. The average molecular weight is 516 g/mol. The van der Waals surface area contributed by atoms with Gasteiger partial charge in [-0.3, -0.25) is 4.68 Å². The van der Waals surface area contributed by atoms with E-state index < -0.39 is 11.9 Å². The van der Waals surface area contributed by atoms with Crippen LogP contribution in [0.5, 0.6) is 5.88 Å². The summed E-state index contributed by atoms with van der Waals surface area (Å²) in [5.41, 5.74) is 5.00. The lowest BCUT2D eigenvalue weighted by Crippen LogP contribution is -2.30. The van der Waals surface area contributed by atoms with Crippen LogP contribution in [-0.4, -0.2) is 43.0 Å². The Morgan fingerprint density at radius 1 is 1.17 bits per heavy atom. The van der Waals surface area contributed by atoms with Gasteiger partial charge >= 0.3 is 6.18 Å². The molecule has 0 amide bonds. The monoisotopic (exact) mass is 515 g/mol. The number of rotatable bonds is 5. The highest BCUT2D eigenvalue weighted by molar-refractivity contribution is 7.14. The topological polar surface area (TPSA) is 73.9 Å². The molecule has 0 N–H and O–H groups in total. The lowest BCUT2D eigenvalue weighted by molar-refractivity contribution is -0.140. The minimum atomic E-state index is -4.47. The zero-order chi connectivity index (χ0) is 25.2. The number of halogens is 3. The summed E-state index contributed by atoms with van der Waals surface area (Å²) in [7, 11) is 5.14. The SMILES string of the molecule is COc1ncnc(C2CC2)c1-c1nn(C)c2c1CN(c1csc(-c3nc(C(F)(F)F)cn3C)c1)CC2. The van der Waals surface area contributed by atoms with Gasteiger partial charge in [-0.25, -0.2) is 15.0 Å². The van der Waals surface area contributed by atoms with E-state index in [4.69, 9.17) is 9.84 Å². The molecule has 0 aromatic carbocycles. The molecule has 8 nitrogen and oxygen atoms in total. The van der Waals surface area contributed by atoms with Gasteiger partial charge in [-0.1, -0.05) is 0 Å². The number of hydrogen-bond donors (Lipinski definition) is 0. The van der Waals surface area contributed by atoms with Crippen LogP contribution < -0.4 is 9.64 Å². The molecule has 0 radical (unpaired) electrons. The molecular formula is C24H24F3N7OS. The van der Waals surface area contributed by atoms with Crippen molar-refractivity contribution in [1.82, 2.24) is 29.3 Å². The van der Waals surface area contributed by atoms with Gasteiger partial charge in [0.25, 0.3) is 0 Å². The zero-order valence-corrected chi connectivity index (χ0v) is 20.8. The second-order valence-corrected chi connectivity index (χ2v) is 10.1. The molecule has 188 valence electrons. The number of ether oxygens (including phenoxy) is 1. The van der Waals surface area contributed by atoms with E-state index in [-0.39, 0.29) is 0 Å². The van der Waals surface area contributed by atoms with Crippen LogP contribution in [0.3, 0.4) is 0 Å². The Bertz CT molecular complexity index is 1450. The van der Waals surface area contributed by atoms with Crippen LogP contribution in [0.4, 0.5) is 18.9 Å². The Kier molecular flexibility index (Phi) is 5.32. The molecule has 4 aromatic heterocycles. The van der Waals surface area contributed by atoms with Crippen molar-refractivity contribution in [3.05, 3.63) is 46.6 Å². The highest BCUT2D eigenvalue weighted by Gasteiger charge is 2.36. The lowest BCUT2D eigenvalue weighted by atomic mass is 9.99. The van der Waals surface area contributed by atoms with Crippen molar-refractivity contribution in [1.29, 1.82) is 0 Å². The summed E-state index contributed by atoms with van der Waals surface area (Å²) in [4.78, 5) is 15.7. The van der Waals surface area contributed by atoms with Crippen molar-refractivity contribution < 1.29 is 17.9 Å². The maximum Gasteiger partial charge on any atom is 0.434 e. The third-order valence-electron chi connectivity index (χ3n) is 6.82. The van der Waals surface area contributed by atoms with E-state index in [1.807, 2.05) is 23.2 Å². The number of fused-ring (bicyclic) bond motifs is 1. The van der Waals surface area contributed by atoms with Crippen LogP contribution >= 0.6 is 11.3 Å². The van der Waals surface area contributed by atoms with Crippen molar-refractivity contribution in [2.24, 2.45) is 14.1 Å². The summed E-state index contributed by atoms with van der Waals surface area (Å²) in [6.45, 7) is 1.39. The van der Waals surface area contributed by atoms with E-state index in [9.17, 15) is 13.2 Å². The fraction of sp³-hybridized carbons (Fsp3) is 0.417. The van der Waals surface area contributed by atoms with Crippen LogP contribution in [-0.2, 0) is 33.2 Å². The van der Waals surface area contributed by atoms with Crippen LogP contribution in [0.25, 0.3) is 22.0 Å². The smallest absolute Gasteiger partial charge is 0.434 e. The fourth-order valence-electron chi connectivity index (χ4n) is 4.88.